The third-order valence-electron chi connectivity index (χ3n) is 4.44. The minimum absolute atomic E-state index is 0.146. The summed E-state index contributed by atoms with van der Waals surface area (Å²) >= 11 is 7.60. The molecule has 2 aromatic carbocycles. The van der Waals surface area contributed by atoms with Gasteiger partial charge in [0.15, 0.2) is 0 Å². The Labute approximate surface area is 172 Å². The van der Waals surface area contributed by atoms with E-state index in [-0.39, 0.29) is 11.7 Å². The summed E-state index contributed by atoms with van der Waals surface area (Å²) < 4.78 is 5.63. The number of hydrogen-bond donors (Lipinski definition) is 1. The molecule has 8 heteroatoms. The Morgan fingerprint density at radius 1 is 1.11 bits per heavy atom. The van der Waals surface area contributed by atoms with Crippen LogP contribution in [-0.2, 0) is 4.79 Å². The first-order chi connectivity index (χ1) is 13.7. The van der Waals surface area contributed by atoms with E-state index in [1.165, 1.54) is 11.8 Å². The molecule has 1 aliphatic heterocycles. The predicted molar refractivity (Wildman–Crippen MR) is 112 cm³/mol. The fourth-order valence-corrected chi connectivity index (χ4v) is 4.01. The molecular formula is C20H19ClN4O2S. The Hall–Kier alpha value is -2.51. The number of carbonyl (C=O) groups is 1. The summed E-state index contributed by atoms with van der Waals surface area (Å²) in [7, 11) is 0. The van der Waals surface area contributed by atoms with Crippen LogP contribution in [0.4, 0.5) is 11.4 Å². The van der Waals surface area contributed by atoms with Crippen molar-refractivity contribution in [2.24, 2.45) is 0 Å². The first kappa shape index (κ1) is 18.8. The lowest BCUT2D eigenvalue weighted by Crippen LogP contribution is -2.22. The Balaban J connectivity index is 1.39. The number of carbonyl (C=O) groups excluding carboxylic acids is 1. The highest BCUT2D eigenvalue weighted by Crippen LogP contribution is 2.36. The molecule has 2 heterocycles. The fourth-order valence-electron chi connectivity index (χ4n) is 3.16. The first-order valence-electron chi connectivity index (χ1n) is 9.06. The molecule has 1 aromatic heterocycles. The number of rotatable bonds is 6. The third-order valence-corrected chi connectivity index (χ3v) is 5.56. The molecule has 1 N–H and O–H groups in total. The Morgan fingerprint density at radius 2 is 1.89 bits per heavy atom. The van der Waals surface area contributed by atoms with Crippen LogP contribution in [-0.4, -0.2) is 34.9 Å². The van der Waals surface area contributed by atoms with Crippen LogP contribution in [0.3, 0.4) is 0 Å². The molecule has 1 amide bonds. The van der Waals surface area contributed by atoms with E-state index in [1.807, 2.05) is 48.5 Å². The molecule has 144 valence electrons. The summed E-state index contributed by atoms with van der Waals surface area (Å²) in [5.41, 5.74) is 2.47. The van der Waals surface area contributed by atoms with Crippen LogP contribution >= 0.6 is 23.4 Å². The van der Waals surface area contributed by atoms with E-state index in [2.05, 4.69) is 20.4 Å². The molecule has 0 unspecified atom stereocenters. The van der Waals surface area contributed by atoms with Gasteiger partial charge in [-0.15, -0.1) is 10.2 Å². The lowest BCUT2D eigenvalue weighted by Gasteiger charge is -2.22. The minimum Gasteiger partial charge on any atom is -0.411 e. The quantitative estimate of drug-likeness (QED) is 0.588. The van der Waals surface area contributed by atoms with E-state index in [1.54, 1.807) is 0 Å². The summed E-state index contributed by atoms with van der Waals surface area (Å²) in [6.07, 6.45) is 2.27. The number of anilines is 2. The summed E-state index contributed by atoms with van der Waals surface area (Å²) in [6.45, 7) is 1.90. The maximum atomic E-state index is 12.5. The van der Waals surface area contributed by atoms with Crippen LogP contribution < -0.4 is 10.2 Å². The lowest BCUT2D eigenvalue weighted by molar-refractivity contribution is -0.113. The maximum Gasteiger partial charge on any atom is 0.277 e. The Morgan fingerprint density at radius 3 is 2.68 bits per heavy atom. The van der Waals surface area contributed by atoms with Crippen LogP contribution in [0.25, 0.3) is 11.5 Å². The second-order valence-electron chi connectivity index (χ2n) is 6.41. The average Bonchev–Trinajstić information content (AvgIpc) is 3.39. The normalized spacial score (nSPS) is 13.7. The summed E-state index contributed by atoms with van der Waals surface area (Å²) in [6, 6.07) is 15.1. The predicted octanol–water partition coefficient (Wildman–Crippen LogP) is 4.72. The molecule has 3 aromatic rings. The van der Waals surface area contributed by atoms with E-state index < -0.39 is 0 Å². The van der Waals surface area contributed by atoms with Gasteiger partial charge < -0.3 is 14.6 Å². The van der Waals surface area contributed by atoms with Gasteiger partial charge >= 0.3 is 0 Å². The number of hydrogen-bond acceptors (Lipinski definition) is 6. The number of nitrogens with one attached hydrogen (secondary N) is 1. The molecule has 0 spiro atoms. The molecule has 28 heavy (non-hydrogen) atoms. The van der Waals surface area contributed by atoms with Crippen LogP contribution in [0.15, 0.2) is 58.2 Å². The number of aromatic nitrogens is 2. The monoisotopic (exact) mass is 414 g/mol. The molecule has 1 fully saturated rings. The molecule has 1 aliphatic rings. The molecule has 0 radical (unpaired) electrons. The number of amides is 1. The highest BCUT2D eigenvalue weighted by Gasteiger charge is 2.20. The van der Waals surface area contributed by atoms with Gasteiger partial charge in [-0.25, -0.2) is 0 Å². The van der Waals surface area contributed by atoms with Gasteiger partial charge in [0.2, 0.25) is 11.8 Å². The largest absolute Gasteiger partial charge is 0.411 e. The number of para-hydroxylation sites is 1. The number of benzene rings is 2. The van der Waals surface area contributed by atoms with Crippen molar-refractivity contribution in [3.63, 3.8) is 0 Å². The summed E-state index contributed by atoms with van der Waals surface area (Å²) in [5.74, 6) is 0.462. The third kappa shape index (κ3) is 4.31. The lowest BCUT2D eigenvalue weighted by atomic mass is 10.2. The zero-order chi connectivity index (χ0) is 19.3. The highest BCUT2D eigenvalue weighted by molar-refractivity contribution is 7.99. The average molecular weight is 415 g/mol. The van der Waals surface area contributed by atoms with Gasteiger partial charge in [0.1, 0.15) is 0 Å². The van der Waals surface area contributed by atoms with Gasteiger partial charge in [0, 0.05) is 18.7 Å². The van der Waals surface area contributed by atoms with Crippen molar-refractivity contribution in [1.29, 1.82) is 0 Å². The minimum atomic E-state index is -0.146. The topological polar surface area (TPSA) is 71.3 Å². The molecule has 1 saturated heterocycles. The van der Waals surface area contributed by atoms with E-state index in [9.17, 15) is 4.79 Å². The highest BCUT2D eigenvalue weighted by atomic mass is 35.5. The molecule has 0 saturated carbocycles. The van der Waals surface area contributed by atoms with Crippen molar-refractivity contribution in [1.82, 2.24) is 10.2 Å². The molecular weight excluding hydrogens is 396 g/mol. The van der Waals surface area contributed by atoms with Gasteiger partial charge in [-0.3, -0.25) is 4.79 Å². The number of halogens is 1. The molecule has 0 atom stereocenters. The van der Waals surface area contributed by atoms with Gasteiger partial charge in [0.05, 0.1) is 22.2 Å². The second-order valence-corrected chi connectivity index (χ2v) is 7.74. The molecule has 0 aliphatic carbocycles. The van der Waals surface area contributed by atoms with Crippen LogP contribution in [0.2, 0.25) is 5.02 Å². The van der Waals surface area contributed by atoms with E-state index in [0.717, 1.165) is 42.9 Å². The van der Waals surface area contributed by atoms with E-state index in [4.69, 9.17) is 16.0 Å². The van der Waals surface area contributed by atoms with Crippen molar-refractivity contribution >= 4 is 40.6 Å². The standard InChI is InChI=1S/C20H19ClN4O2S/c21-15-9-6-10-16(18(15)25-11-4-5-12-25)22-17(26)13-28-20-24-23-19(27-20)14-7-2-1-3-8-14/h1-3,6-10H,4-5,11-13H2,(H,22,26). The van der Waals surface area contributed by atoms with Crippen LogP contribution in [0.5, 0.6) is 0 Å². The van der Waals surface area contributed by atoms with Crippen molar-refractivity contribution < 1.29 is 9.21 Å². The maximum absolute atomic E-state index is 12.5. The van der Waals surface area contributed by atoms with E-state index in [0.29, 0.717) is 16.1 Å². The van der Waals surface area contributed by atoms with Gasteiger partial charge in [-0.1, -0.05) is 47.6 Å². The Kier molecular flexibility index (Phi) is 5.83. The number of thioether (sulfide) groups is 1. The molecule has 4 rings (SSSR count). The summed E-state index contributed by atoms with van der Waals surface area (Å²) in [4.78, 5) is 14.7. The second kappa shape index (κ2) is 8.67. The van der Waals surface area contributed by atoms with Crippen molar-refractivity contribution in [3.05, 3.63) is 53.6 Å². The smallest absolute Gasteiger partial charge is 0.277 e. The van der Waals surface area contributed by atoms with Crippen molar-refractivity contribution in [3.8, 4) is 11.5 Å². The molecule has 6 nitrogen and oxygen atoms in total. The Bertz CT molecular complexity index is 958. The van der Waals surface area contributed by atoms with Crippen molar-refractivity contribution in [2.75, 3.05) is 29.1 Å². The SMILES string of the molecule is O=C(CSc1nnc(-c2ccccc2)o1)Nc1cccc(Cl)c1N1CCCC1. The molecule has 0 bridgehead atoms. The van der Waals surface area contributed by atoms with Gasteiger partial charge in [0.25, 0.3) is 5.22 Å². The summed E-state index contributed by atoms with van der Waals surface area (Å²) in [5, 5.41) is 12.0. The van der Waals surface area contributed by atoms with Gasteiger partial charge in [-0.2, -0.15) is 0 Å². The van der Waals surface area contributed by atoms with Crippen molar-refractivity contribution in [2.45, 2.75) is 18.1 Å². The van der Waals surface area contributed by atoms with E-state index >= 15 is 0 Å². The first-order valence-corrected chi connectivity index (χ1v) is 10.4. The van der Waals surface area contributed by atoms with Crippen LogP contribution in [0, 0.1) is 0 Å². The zero-order valence-corrected chi connectivity index (χ0v) is 16.7. The van der Waals surface area contributed by atoms with Crippen LogP contribution in [0.1, 0.15) is 12.8 Å². The van der Waals surface area contributed by atoms with Gasteiger partial charge in [-0.05, 0) is 37.1 Å². The fraction of sp³-hybridized carbons (Fsp3) is 0.250. The zero-order valence-electron chi connectivity index (χ0n) is 15.1. The number of nitrogens with zero attached hydrogens (tertiary/aromatic N) is 3.